The molecule has 11 rings (SSSR count). The molecule has 2 aromatic heterocycles. The molecular weight excluding hydrogens is 683 g/mol. The molecule has 0 fully saturated rings. The molecule has 0 aliphatic heterocycles. The molecule has 0 bridgehead atoms. The van der Waals surface area contributed by atoms with Crippen LogP contribution in [0.2, 0.25) is 0 Å². The monoisotopic (exact) mass is 715 g/mol. The van der Waals surface area contributed by atoms with Crippen molar-refractivity contribution in [1.29, 1.82) is 0 Å². The number of hydrogen-bond donors (Lipinski definition) is 0. The number of nitrogens with zero attached hydrogens (tertiary/aromatic N) is 3. The smallest absolute Gasteiger partial charge is 0.164 e. The molecule has 56 heavy (non-hydrogen) atoms. The van der Waals surface area contributed by atoms with Gasteiger partial charge < -0.3 is 4.42 Å². The van der Waals surface area contributed by atoms with Crippen LogP contribution in [0.25, 0.3) is 78.4 Å². The summed E-state index contributed by atoms with van der Waals surface area (Å²) in [5.74, 6) is 1.81. The fourth-order valence-corrected chi connectivity index (χ4v) is 8.86. The Hall–Kier alpha value is -7.43. The summed E-state index contributed by atoms with van der Waals surface area (Å²) >= 11 is 0. The van der Waals surface area contributed by atoms with Gasteiger partial charge in [-0.3, -0.25) is 0 Å². The molecule has 0 saturated carbocycles. The van der Waals surface area contributed by atoms with Gasteiger partial charge in [-0.25, -0.2) is 15.0 Å². The van der Waals surface area contributed by atoms with E-state index in [2.05, 4.69) is 127 Å². The summed E-state index contributed by atoms with van der Waals surface area (Å²) in [6.45, 7) is 0. The van der Waals surface area contributed by atoms with Crippen molar-refractivity contribution in [3.8, 4) is 56.4 Å². The van der Waals surface area contributed by atoms with Gasteiger partial charge in [0.2, 0.25) is 0 Å². The normalized spacial score (nSPS) is 12.8. The maximum atomic E-state index is 6.74. The Balaban J connectivity index is 1.25. The van der Waals surface area contributed by atoms with Crippen LogP contribution >= 0.6 is 0 Å². The molecule has 0 amide bonds. The van der Waals surface area contributed by atoms with Crippen molar-refractivity contribution in [2.75, 3.05) is 0 Å². The highest BCUT2D eigenvalue weighted by atomic mass is 16.3. The Labute approximate surface area is 324 Å². The molecule has 0 atom stereocenters. The Bertz CT molecular complexity index is 2970. The fraction of sp³-hybridized carbons (Fsp3) is 0.0192. The first kappa shape index (κ1) is 32.0. The summed E-state index contributed by atoms with van der Waals surface area (Å²) in [5, 5.41) is 2.12. The van der Waals surface area contributed by atoms with Crippen LogP contribution in [-0.4, -0.2) is 15.0 Å². The van der Waals surface area contributed by atoms with Gasteiger partial charge >= 0.3 is 0 Å². The van der Waals surface area contributed by atoms with Crippen LogP contribution in [0.3, 0.4) is 0 Å². The molecule has 1 aliphatic rings. The Morgan fingerprint density at radius 3 is 1.46 bits per heavy atom. The van der Waals surface area contributed by atoms with E-state index in [-0.39, 0.29) is 0 Å². The van der Waals surface area contributed by atoms with E-state index >= 15 is 0 Å². The molecular formula is C52H33N3O. The molecule has 0 unspecified atom stereocenters. The minimum atomic E-state index is -0.596. The van der Waals surface area contributed by atoms with E-state index in [0.29, 0.717) is 17.5 Å². The molecule has 4 nitrogen and oxygen atoms in total. The Morgan fingerprint density at radius 1 is 0.357 bits per heavy atom. The minimum absolute atomic E-state index is 0.578. The summed E-state index contributed by atoms with van der Waals surface area (Å²) in [7, 11) is 0. The molecule has 262 valence electrons. The third kappa shape index (κ3) is 4.89. The highest BCUT2D eigenvalue weighted by Crippen LogP contribution is 2.59. The first-order valence-corrected chi connectivity index (χ1v) is 18.9. The van der Waals surface area contributed by atoms with Crippen LogP contribution in [0.4, 0.5) is 0 Å². The van der Waals surface area contributed by atoms with Gasteiger partial charge in [0.25, 0.3) is 0 Å². The molecule has 0 spiro atoms. The second-order valence-electron chi connectivity index (χ2n) is 14.3. The van der Waals surface area contributed by atoms with Crippen LogP contribution in [-0.2, 0) is 5.41 Å². The lowest BCUT2D eigenvalue weighted by Crippen LogP contribution is -2.29. The minimum Gasteiger partial charge on any atom is -0.456 e. The SMILES string of the molecule is c1ccc(-c2nc(-c3ccccc3)nc(-c3cc(-c4cccc5c4C(c4ccccc4)(c4ccccc4)c4ccccc4-5)c4c(c3)oc3ccccc34)n2)cc1. The summed E-state index contributed by atoms with van der Waals surface area (Å²) in [5.41, 5.74) is 13.3. The summed E-state index contributed by atoms with van der Waals surface area (Å²) in [6.07, 6.45) is 0. The number of furan rings is 1. The second-order valence-corrected chi connectivity index (χ2v) is 14.3. The number of rotatable bonds is 6. The molecule has 1 aliphatic carbocycles. The van der Waals surface area contributed by atoms with Gasteiger partial charge in [-0.05, 0) is 62.7 Å². The molecule has 0 N–H and O–H groups in total. The molecule has 2 heterocycles. The zero-order valence-corrected chi connectivity index (χ0v) is 30.3. The quantitative estimate of drug-likeness (QED) is 0.172. The van der Waals surface area contributed by atoms with Crippen molar-refractivity contribution < 1.29 is 4.42 Å². The topological polar surface area (TPSA) is 51.8 Å². The highest BCUT2D eigenvalue weighted by Gasteiger charge is 2.47. The summed E-state index contributed by atoms with van der Waals surface area (Å²) in [6, 6.07) is 70.5. The number of aromatic nitrogens is 3. The third-order valence-electron chi connectivity index (χ3n) is 11.2. The van der Waals surface area contributed by atoms with E-state index < -0.39 is 5.41 Å². The fourth-order valence-electron chi connectivity index (χ4n) is 8.86. The predicted molar refractivity (Wildman–Crippen MR) is 226 cm³/mol. The van der Waals surface area contributed by atoms with Crippen molar-refractivity contribution in [1.82, 2.24) is 15.0 Å². The van der Waals surface area contributed by atoms with E-state index in [4.69, 9.17) is 19.4 Å². The average molecular weight is 716 g/mol. The predicted octanol–water partition coefficient (Wildman–Crippen LogP) is 12.8. The lowest BCUT2D eigenvalue weighted by Gasteiger charge is -2.35. The van der Waals surface area contributed by atoms with Crippen molar-refractivity contribution in [2.45, 2.75) is 5.41 Å². The summed E-state index contributed by atoms with van der Waals surface area (Å²) < 4.78 is 6.74. The summed E-state index contributed by atoms with van der Waals surface area (Å²) in [4.78, 5) is 15.3. The highest BCUT2D eigenvalue weighted by molar-refractivity contribution is 6.14. The lowest BCUT2D eigenvalue weighted by molar-refractivity contribution is 0.669. The maximum absolute atomic E-state index is 6.74. The number of para-hydroxylation sites is 1. The van der Waals surface area contributed by atoms with E-state index in [1.165, 1.54) is 33.4 Å². The van der Waals surface area contributed by atoms with Crippen molar-refractivity contribution in [3.63, 3.8) is 0 Å². The van der Waals surface area contributed by atoms with Crippen LogP contribution in [0, 0.1) is 0 Å². The van der Waals surface area contributed by atoms with Crippen LogP contribution in [0.15, 0.2) is 205 Å². The Morgan fingerprint density at radius 2 is 0.839 bits per heavy atom. The van der Waals surface area contributed by atoms with Gasteiger partial charge in [0.05, 0.1) is 5.41 Å². The van der Waals surface area contributed by atoms with Crippen LogP contribution in [0.1, 0.15) is 22.3 Å². The van der Waals surface area contributed by atoms with E-state index in [1.807, 2.05) is 72.8 Å². The van der Waals surface area contributed by atoms with Gasteiger partial charge in [-0.15, -0.1) is 0 Å². The van der Waals surface area contributed by atoms with Gasteiger partial charge in [0, 0.05) is 27.5 Å². The van der Waals surface area contributed by atoms with Gasteiger partial charge in [0.15, 0.2) is 17.5 Å². The number of hydrogen-bond acceptors (Lipinski definition) is 4. The largest absolute Gasteiger partial charge is 0.456 e. The molecule has 8 aromatic carbocycles. The Kier molecular flexibility index (Phi) is 7.36. The zero-order valence-electron chi connectivity index (χ0n) is 30.3. The number of fused-ring (bicyclic) bond motifs is 6. The molecule has 0 radical (unpaired) electrons. The van der Waals surface area contributed by atoms with Gasteiger partial charge in [-0.1, -0.05) is 182 Å². The standard InChI is InChI=1S/C52H33N3O/c1-5-18-34(19-6-1)49-53-50(35-20-7-2-8-21-35)55-51(54-49)36-32-43(47-42-27-14-16-31-45(42)56-46(47)33-36)41-29-17-28-40-39-26-13-15-30-44(39)52(48(40)41,37-22-9-3-10-23-37)38-24-11-4-12-25-38/h1-33H. The van der Waals surface area contributed by atoms with Gasteiger partial charge in [0.1, 0.15) is 11.2 Å². The molecule has 10 aromatic rings. The molecule has 0 saturated heterocycles. The average Bonchev–Trinajstić information content (AvgIpc) is 3.81. The van der Waals surface area contributed by atoms with Crippen molar-refractivity contribution in [2.24, 2.45) is 0 Å². The van der Waals surface area contributed by atoms with Crippen LogP contribution < -0.4 is 0 Å². The van der Waals surface area contributed by atoms with Crippen LogP contribution in [0.5, 0.6) is 0 Å². The first-order chi connectivity index (χ1) is 27.8. The third-order valence-corrected chi connectivity index (χ3v) is 11.2. The molecule has 4 heteroatoms. The van der Waals surface area contributed by atoms with Crippen molar-refractivity contribution in [3.05, 3.63) is 222 Å². The first-order valence-electron chi connectivity index (χ1n) is 18.9. The van der Waals surface area contributed by atoms with Crippen molar-refractivity contribution >= 4 is 21.9 Å². The zero-order chi connectivity index (χ0) is 37.1. The van der Waals surface area contributed by atoms with E-state index in [9.17, 15) is 0 Å². The second kappa shape index (κ2) is 12.9. The van der Waals surface area contributed by atoms with E-state index in [1.54, 1.807) is 0 Å². The van der Waals surface area contributed by atoms with Gasteiger partial charge in [-0.2, -0.15) is 0 Å². The number of benzene rings is 8. The maximum Gasteiger partial charge on any atom is 0.164 e. The lowest BCUT2D eigenvalue weighted by atomic mass is 9.66. The van der Waals surface area contributed by atoms with E-state index in [0.717, 1.165) is 49.8 Å².